The van der Waals surface area contributed by atoms with Crippen molar-refractivity contribution in [2.24, 2.45) is 11.7 Å². The number of sulfonamides is 1. The van der Waals surface area contributed by atoms with E-state index >= 15 is 0 Å². The van der Waals surface area contributed by atoms with Crippen LogP contribution in [0.4, 0.5) is 11.4 Å². The second kappa shape index (κ2) is 8.38. The lowest BCUT2D eigenvalue weighted by molar-refractivity contribution is -0.122. The number of rotatable bonds is 5. The molecule has 1 aromatic rings. The number of aryl methyl sites for hydroxylation is 1. The van der Waals surface area contributed by atoms with Crippen LogP contribution < -0.4 is 15.8 Å². The Kier molecular flexibility index (Phi) is 7.28. The lowest BCUT2D eigenvalue weighted by atomic mass is 9.74. The average Bonchev–Trinajstić information content (AvgIpc) is 2.49. The summed E-state index contributed by atoms with van der Waals surface area (Å²) >= 11 is 0. The molecule has 6 nitrogen and oxygen atoms in total. The van der Waals surface area contributed by atoms with E-state index in [1.165, 1.54) is 0 Å². The molecule has 1 fully saturated rings. The van der Waals surface area contributed by atoms with Crippen LogP contribution in [0.15, 0.2) is 18.2 Å². The molecule has 0 aromatic heterocycles. The molecule has 8 heteroatoms. The van der Waals surface area contributed by atoms with Gasteiger partial charge in [0.1, 0.15) is 0 Å². The van der Waals surface area contributed by atoms with Crippen LogP contribution in [-0.4, -0.2) is 25.6 Å². The third-order valence-electron chi connectivity index (χ3n) is 4.71. The summed E-state index contributed by atoms with van der Waals surface area (Å²) in [4.78, 5) is 12.6. The molecule has 1 aliphatic carbocycles. The van der Waals surface area contributed by atoms with Crippen molar-refractivity contribution in [3.8, 4) is 0 Å². The van der Waals surface area contributed by atoms with Crippen LogP contribution in [0.1, 0.15) is 45.1 Å². The highest BCUT2D eigenvalue weighted by molar-refractivity contribution is 7.92. The van der Waals surface area contributed by atoms with Gasteiger partial charge >= 0.3 is 0 Å². The minimum Gasteiger partial charge on any atom is -0.326 e. The number of benzene rings is 1. The normalized spacial score (nSPS) is 23.4. The lowest BCUT2D eigenvalue weighted by Crippen LogP contribution is -2.51. The van der Waals surface area contributed by atoms with Crippen LogP contribution in [0, 0.1) is 12.8 Å². The number of nitrogens with two attached hydrogens (primary N) is 1. The van der Waals surface area contributed by atoms with E-state index in [0.717, 1.165) is 31.2 Å². The molecule has 0 spiro atoms. The molecular weight excluding hydrogens is 362 g/mol. The van der Waals surface area contributed by atoms with Gasteiger partial charge in [0, 0.05) is 11.2 Å². The Morgan fingerprint density at radius 2 is 2.04 bits per heavy atom. The number of nitrogens with one attached hydrogen (secondary N) is 2. The van der Waals surface area contributed by atoms with E-state index in [1.807, 2.05) is 6.92 Å². The fourth-order valence-electron chi connectivity index (χ4n) is 3.11. The number of amides is 1. The minimum atomic E-state index is -3.32. The first-order chi connectivity index (χ1) is 11.1. The van der Waals surface area contributed by atoms with Crippen molar-refractivity contribution in [1.29, 1.82) is 0 Å². The number of hydrogen-bond acceptors (Lipinski definition) is 4. The summed E-state index contributed by atoms with van der Waals surface area (Å²) in [7, 11) is -3.32. The van der Waals surface area contributed by atoms with Crippen molar-refractivity contribution < 1.29 is 13.2 Å². The number of halogens is 1. The third kappa shape index (κ3) is 5.59. The predicted octanol–water partition coefficient (Wildman–Crippen LogP) is 3.02. The number of carbonyl (C=O) groups is 1. The maximum Gasteiger partial charge on any atom is 0.232 e. The van der Waals surface area contributed by atoms with Crippen molar-refractivity contribution >= 4 is 39.7 Å². The van der Waals surface area contributed by atoms with Gasteiger partial charge in [0.2, 0.25) is 15.9 Å². The van der Waals surface area contributed by atoms with Crippen LogP contribution in [0.25, 0.3) is 0 Å². The number of hydrogen-bond donors (Lipinski definition) is 3. The Labute approximate surface area is 156 Å². The van der Waals surface area contributed by atoms with E-state index in [-0.39, 0.29) is 30.0 Å². The van der Waals surface area contributed by atoms with Crippen molar-refractivity contribution in [1.82, 2.24) is 0 Å². The van der Waals surface area contributed by atoms with E-state index in [9.17, 15) is 13.2 Å². The Hall–Kier alpha value is -1.31. The molecular formula is C17H28ClN3O3S. The van der Waals surface area contributed by atoms with Gasteiger partial charge in [-0.05, 0) is 57.4 Å². The van der Waals surface area contributed by atoms with Gasteiger partial charge in [-0.25, -0.2) is 8.42 Å². The fourth-order valence-corrected chi connectivity index (χ4v) is 3.82. The van der Waals surface area contributed by atoms with Crippen LogP contribution in [0.3, 0.4) is 0 Å². The summed E-state index contributed by atoms with van der Waals surface area (Å²) in [6, 6.07) is 5.14. The highest BCUT2D eigenvalue weighted by atomic mass is 35.5. The van der Waals surface area contributed by atoms with Gasteiger partial charge in [-0.15, -0.1) is 12.4 Å². The first-order valence-corrected chi connectivity index (χ1v) is 10.0. The summed E-state index contributed by atoms with van der Waals surface area (Å²) in [6.45, 7) is 5.32. The summed E-state index contributed by atoms with van der Waals surface area (Å²) in [5.74, 6) is -0.257. The zero-order valence-corrected chi connectivity index (χ0v) is 16.6. The average molecular weight is 390 g/mol. The monoisotopic (exact) mass is 389 g/mol. The molecule has 0 radical (unpaired) electrons. The van der Waals surface area contributed by atoms with E-state index in [1.54, 1.807) is 32.0 Å². The first-order valence-electron chi connectivity index (χ1n) is 8.35. The van der Waals surface area contributed by atoms with Crippen LogP contribution in [0.5, 0.6) is 0 Å². The Bertz CT molecular complexity index is 720. The zero-order chi connectivity index (χ0) is 18.0. The fraction of sp³-hybridized carbons (Fsp3) is 0.588. The quantitative estimate of drug-likeness (QED) is 0.720. The molecule has 142 valence electrons. The van der Waals surface area contributed by atoms with Gasteiger partial charge in [-0.3, -0.25) is 9.52 Å². The van der Waals surface area contributed by atoms with E-state index in [4.69, 9.17) is 5.73 Å². The molecule has 2 unspecified atom stereocenters. The summed E-state index contributed by atoms with van der Waals surface area (Å²) in [5, 5.41) is 2.92. The molecule has 2 rings (SSSR count). The molecule has 1 aromatic carbocycles. The zero-order valence-electron chi connectivity index (χ0n) is 15.0. The third-order valence-corrected chi connectivity index (χ3v) is 6.00. The Morgan fingerprint density at radius 3 is 2.60 bits per heavy atom. The van der Waals surface area contributed by atoms with E-state index in [2.05, 4.69) is 10.0 Å². The molecule has 0 heterocycles. The Balaban J connectivity index is 0.00000312. The van der Waals surface area contributed by atoms with Gasteiger partial charge in [-0.1, -0.05) is 12.8 Å². The maximum absolute atomic E-state index is 12.6. The Morgan fingerprint density at radius 1 is 1.36 bits per heavy atom. The highest BCUT2D eigenvalue weighted by Gasteiger charge is 2.37. The SMILES string of the molecule is CCS(=O)(=O)Nc1ccc(NC(=O)C2CCCCC2(C)N)cc1C.Cl. The second-order valence-electron chi connectivity index (χ2n) is 6.83. The standard InChI is InChI=1S/C17H27N3O3S.ClH/c1-4-24(22,23)20-15-9-8-13(11-12(15)2)19-16(21)14-7-5-6-10-17(14,3)18;/h8-9,11,14,20H,4-7,10,18H2,1-3H3,(H,19,21);1H. The number of carbonyl (C=O) groups excluding carboxylic acids is 1. The molecule has 1 aliphatic rings. The van der Waals surface area contributed by atoms with Gasteiger partial charge in [0.25, 0.3) is 0 Å². The van der Waals surface area contributed by atoms with Gasteiger partial charge in [0.05, 0.1) is 17.4 Å². The number of anilines is 2. The summed E-state index contributed by atoms with van der Waals surface area (Å²) in [6.07, 6.45) is 3.72. The van der Waals surface area contributed by atoms with Crippen molar-refractivity contribution in [3.63, 3.8) is 0 Å². The topological polar surface area (TPSA) is 101 Å². The molecule has 0 saturated heterocycles. The molecule has 0 aliphatic heterocycles. The van der Waals surface area contributed by atoms with E-state index in [0.29, 0.717) is 11.4 Å². The smallest absolute Gasteiger partial charge is 0.232 e. The second-order valence-corrected chi connectivity index (χ2v) is 8.84. The largest absolute Gasteiger partial charge is 0.326 e. The lowest BCUT2D eigenvalue weighted by Gasteiger charge is -2.37. The van der Waals surface area contributed by atoms with Crippen LogP contribution >= 0.6 is 12.4 Å². The molecule has 4 N–H and O–H groups in total. The first kappa shape index (κ1) is 21.7. The van der Waals surface area contributed by atoms with Crippen molar-refractivity contribution in [3.05, 3.63) is 23.8 Å². The maximum atomic E-state index is 12.6. The molecule has 25 heavy (non-hydrogen) atoms. The summed E-state index contributed by atoms with van der Waals surface area (Å²) < 4.78 is 25.9. The molecule has 0 bridgehead atoms. The van der Waals surface area contributed by atoms with Crippen molar-refractivity contribution in [2.75, 3.05) is 15.8 Å². The molecule has 1 amide bonds. The summed E-state index contributed by atoms with van der Waals surface area (Å²) in [5.41, 5.74) is 7.73. The minimum absolute atomic E-state index is 0. The van der Waals surface area contributed by atoms with Crippen molar-refractivity contribution in [2.45, 2.75) is 52.0 Å². The van der Waals surface area contributed by atoms with E-state index < -0.39 is 15.6 Å². The van der Waals surface area contributed by atoms with Gasteiger partial charge < -0.3 is 11.1 Å². The predicted molar refractivity (Wildman–Crippen MR) is 105 cm³/mol. The molecule has 2 atom stereocenters. The van der Waals surface area contributed by atoms with Gasteiger partial charge in [-0.2, -0.15) is 0 Å². The van der Waals surface area contributed by atoms with Gasteiger partial charge in [0.15, 0.2) is 0 Å². The molecule has 1 saturated carbocycles. The van der Waals surface area contributed by atoms with Crippen LogP contribution in [-0.2, 0) is 14.8 Å². The highest BCUT2D eigenvalue weighted by Crippen LogP contribution is 2.32. The van der Waals surface area contributed by atoms with Crippen LogP contribution in [0.2, 0.25) is 0 Å².